The van der Waals surface area contributed by atoms with E-state index < -0.39 is 10.0 Å². The van der Waals surface area contributed by atoms with E-state index in [9.17, 15) is 8.42 Å². The van der Waals surface area contributed by atoms with Crippen LogP contribution in [0.25, 0.3) is 0 Å². The summed E-state index contributed by atoms with van der Waals surface area (Å²) in [5.41, 5.74) is 0. The minimum absolute atomic E-state index is 0.276. The fourth-order valence-corrected chi connectivity index (χ4v) is 5.16. The Bertz CT molecular complexity index is 585. The first-order valence-corrected chi connectivity index (χ1v) is 10.1. The van der Waals surface area contributed by atoms with Crippen molar-refractivity contribution in [2.24, 2.45) is 5.92 Å². The fourth-order valence-electron chi connectivity index (χ4n) is 2.39. The summed E-state index contributed by atoms with van der Waals surface area (Å²) < 4.78 is 28.7. The molecule has 0 atom stereocenters. The summed E-state index contributed by atoms with van der Waals surface area (Å²) in [4.78, 5) is 2.59. The number of hydrogen-bond acceptors (Lipinski definition) is 3. The molecule has 0 amide bonds. The van der Waals surface area contributed by atoms with Gasteiger partial charge in [-0.05, 0) is 66.0 Å². The van der Waals surface area contributed by atoms with Gasteiger partial charge in [-0.1, -0.05) is 22.9 Å². The number of likely N-dealkylation sites (tertiary alicyclic amines) is 1. The minimum atomic E-state index is -3.46. The van der Waals surface area contributed by atoms with Crippen molar-refractivity contribution >= 4 is 41.9 Å². The zero-order chi connectivity index (χ0) is 15.5. The van der Waals surface area contributed by atoms with Crippen molar-refractivity contribution in [2.45, 2.75) is 24.7 Å². The second kappa shape index (κ2) is 7.55. The molecule has 1 aliphatic rings. The Labute approximate surface area is 143 Å². The molecule has 0 aromatic heterocycles. The Balaban J connectivity index is 1.89. The maximum Gasteiger partial charge on any atom is 0.241 e. The van der Waals surface area contributed by atoms with Gasteiger partial charge in [-0.3, -0.25) is 0 Å². The molecule has 0 saturated carbocycles. The Morgan fingerprint density at radius 1 is 1.29 bits per heavy atom. The van der Waals surface area contributed by atoms with Crippen LogP contribution in [-0.2, 0) is 10.0 Å². The van der Waals surface area contributed by atoms with Crippen molar-refractivity contribution < 1.29 is 8.42 Å². The number of rotatable bonds is 5. The molecule has 1 heterocycles. The molecule has 21 heavy (non-hydrogen) atoms. The van der Waals surface area contributed by atoms with Crippen molar-refractivity contribution in [3.05, 3.63) is 27.1 Å². The van der Waals surface area contributed by atoms with E-state index in [2.05, 4.69) is 48.4 Å². The van der Waals surface area contributed by atoms with E-state index >= 15 is 0 Å². The third-order valence-corrected chi connectivity index (χ3v) is 6.71. The zero-order valence-electron chi connectivity index (χ0n) is 12.0. The number of nitrogens with one attached hydrogen (secondary N) is 1. The number of halogens is 2. The van der Waals surface area contributed by atoms with Crippen LogP contribution in [0.2, 0.25) is 0 Å². The van der Waals surface area contributed by atoms with Crippen LogP contribution in [0.4, 0.5) is 0 Å². The molecule has 7 heteroatoms. The zero-order valence-corrected chi connectivity index (χ0v) is 16.0. The highest BCUT2D eigenvalue weighted by Gasteiger charge is 2.19. The summed E-state index contributed by atoms with van der Waals surface area (Å²) in [5, 5.41) is 0. The first kappa shape index (κ1) is 17.4. The minimum Gasteiger partial charge on any atom is -0.302 e. The summed E-state index contributed by atoms with van der Waals surface area (Å²) in [6.07, 6.45) is 2.40. The summed E-state index contributed by atoms with van der Waals surface area (Å²) in [5.74, 6) is 0.789. The van der Waals surface area contributed by atoms with E-state index in [4.69, 9.17) is 0 Å². The molecule has 0 spiro atoms. The molecule has 118 valence electrons. The molecular weight excluding hydrogens is 420 g/mol. The normalized spacial score (nSPS) is 18.0. The van der Waals surface area contributed by atoms with Gasteiger partial charge in [-0.25, -0.2) is 13.1 Å². The van der Waals surface area contributed by atoms with Gasteiger partial charge in [0.2, 0.25) is 10.0 Å². The summed E-state index contributed by atoms with van der Waals surface area (Å²) in [7, 11) is -3.46. The van der Waals surface area contributed by atoms with Crippen LogP contribution >= 0.6 is 31.9 Å². The van der Waals surface area contributed by atoms with Gasteiger partial charge in [0.1, 0.15) is 0 Å². The second-order valence-electron chi connectivity index (χ2n) is 5.50. The third-order valence-electron chi connectivity index (χ3n) is 3.78. The van der Waals surface area contributed by atoms with Crippen molar-refractivity contribution in [1.82, 2.24) is 9.62 Å². The Morgan fingerprint density at radius 3 is 2.57 bits per heavy atom. The Kier molecular flexibility index (Phi) is 6.25. The first-order valence-electron chi connectivity index (χ1n) is 7.05. The van der Waals surface area contributed by atoms with E-state index in [1.807, 2.05) is 0 Å². The van der Waals surface area contributed by atoms with E-state index in [1.165, 1.54) is 12.8 Å². The molecule has 0 unspecified atom stereocenters. The number of hydrogen-bond donors (Lipinski definition) is 1. The van der Waals surface area contributed by atoms with Gasteiger partial charge in [-0.2, -0.15) is 0 Å². The Morgan fingerprint density at radius 2 is 1.95 bits per heavy atom. The van der Waals surface area contributed by atoms with Crippen molar-refractivity contribution in [1.29, 1.82) is 0 Å². The lowest BCUT2D eigenvalue weighted by molar-refractivity contribution is 0.195. The van der Waals surface area contributed by atoms with Crippen LogP contribution in [-0.4, -0.2) is 39.5 Å². The van der Waals surface area contributed by atoms with Gasteiger partial charge < -0.3 is 4.90 Å². The molecule has 4 nitrogen and oxygen atoms in total. The molecule has 0 aliphatic carbocycles. The van der Waals surface area contributed by atoms with Crippen LogP contribution in [0, 0.1) is 5.92 Å². The van der Waals surface area contributed by atoms with E-state index in [-0.39, 0.29) is 4.90 Å². The molecule has 1 N–H and O–H groups in total. The van der Waals surface area contributed by atoms with E-state index in [0.29, 0.717) is 11.0 Å². The molecule has 0 bridgehead atoms. The fraction of sp³-hybridized carbons (Fsp3) is 0.571. The smallest absolute Gasteiger partial charge is 0.241 e. The molecule has 1 aromatic carbocycles. The average molecular weight is 440 g/mol. The van der Waals surface area contributed by atoms with Crippen molar-refractivity contribution in [2.75, 3.05) is 26.2 Å². The quantitative estimate of drug-likeness (QED) is 0.766. The SMILES string of the molecule is CC1CCN(CCNS(=O)(=O)c2ccc(Br)cc2Br)CC1. The maximum absolute atomic E-state index is 12.3. The maximum atomic E-state index is 12.3. The largest absolute Gasteiger partial charge is 0.302 e. The highest BCUT2D eigenvalue weighted by Crippen LogP contribution is 2.25. The predicted octanol–water partition coefficient (Wildman–Crippen LogP) is 3.22. The molecule has 0 radical (unpaired) electrons. The summed E-state index contributed by atoms with van der Waals surface area (Å²) in [6, 6.07) is 5.06. The highest BCUT2D eigenvalue weighted by molar-refractivity contribution is 9.11. The summed E-state index contributed by atoms with van der Waals surface area (Å²) in [6.45, 7) is 5.60. The van der Waals surface area contributed by atoms with Crippen LogP contribution < -0.4 is 4.72 Å². The highest BCUT2D eigenvalue weighted by atomic mass is 79.9. The average Bonchev–Trinajstić information content (AvgIpc) is 2.40. The molecule has 1 fully saturated rings. The molecule has 1 saturated heterocycles. The van der Waals surface area contributed by atoms with Gasteiger partial charge >= 0.3 is 0 Å². The number of benzene rings is 1. The van der Waals surface area contributed by atoms with Gasteiger partial charge in [0.15, 0.2) is 0 Å². The summed E-state index contributed by atoms with van der Waals surface area (Å²) >= 11 is 6.62. The lowest BCUT2D eigenvalue weighted by Gasteiger charge is -2.30. The molecular formula is C14H20Br2N2O2S. The van der Waals surface area contributed by atoms with Crippen LogP contribution in [0.1, 0.15) is 19.8 Å². The van der Waals surface area contributed by atoms with Crippen LogP contribution in [0.15, 0.2) is 32.0 Å². The van der Waals surface area contributed by atoms with Crippen molar-refractivity contribution in [3.8, 4) is 0 Å². The first-order chi connectivity index (χ1) is 9.88. The number of sulfonamides is 1. The van der Waals surface area contributed by atoms with E-state index in [1.54, 1.807) is 18.2 Å². The standard InChI is InChI=1S/C14H20Br2N2O2S/c1-11-4-7-18(8-5-11)9-6-17-21(19,20)14-3-2-12(15)10-13(14)16/h2-3,10-11,17H,4-9H2,1H3. The number of piperidine rings is 1. The van der Waals surface area contributed by atoms with Crippen molar-refractivity contribution in [3.63, 3.8) is 0 Å². The third kappa shape index (κ3) is 5.03. The van der Waals surface area contributed by atoms with Gasteiger partial charge in [0, 0.05) is 22.0 Å². The molecule has 1 aliphatic heterocycles. The Hall–Kier alpha value is 0.0500. The predicted molar refractivity (Wildman–Crippen MR) is 91.9 cm³/mol. The number of nitrogens with zero attached hydrogens (tertiary/aromatic N) is 1. The molecule has 1 aromatic rings. The van der Waals surface area contributed by atoms with Gasteiger partial charge in [0.25, 0.3) is 0 Å². The lowest BCUT2D eigenvalue weighted by Crippen LogP contribution is -2.39. The molecule has 2 rings (SSSR count). The monoisotopic (exact) mass is 438 g/mol. The van der Waals surface area contributed by atoms with E-state index in [0.717, 1.165) is 30.0 Å². The van der Waals surface area contributed by atoms with Crippen LogP contribution in [0.3, 0.4) is 0 Å². The topological polar surface area (TPSA) is 49.4 Å². The second-order valence-corrected chi connectivity index (χ2v) is 9.00. The van der Waals surface area contributed by atoms with Gasteiger partial charge in [0.05, 0.1) is 4.90 Å². The van der Waals surface area contributed by atoms with Crippen LogP contribution in [0.5, 0.6) is 0 Å². The lowest BCUT2D eigenvalue weighted by atomic mass is 9.99. The van der Waals surface area contributed by atoms with Gasteiger partial charge in [-0.15, -0.1) is 0 Å².